The third-order valence-corrected chi connectivity index (χ3v) is 3.89. The van der Waals surface area contributed by atoms with Crippen molar-refractivity contribution in [3.63, 3.8) is 0 Å². The Bertz CT molecular complexity index is 659. The Morgan fingerprint density at radius 2 is 1.70 bits per heavy atom. The second kappa shape index (κ2) is 8.70. The predicted molar refractivity (Wildman–Crippen MR) is 97.2 cm³/mol. The largest absolute Gasteiger partial charge is 0.489 e. The van der Waals surface area contributed by atoms with Crippen molar-refractivity contribution < 1.29 is 9.47 Å². The molecule has 0 fully saturated rings. The summed E-state index contributed by atoms with van der Waals surface area (Å²) in [7, 11) is 0. The molecule has 0 bridgehead atoms. The molecule has 1 atom stereocenters. The number of hydrogen-bond donors (Lipinski definition) is 0. The quantitative estimate of drug-likeness (QED) is 0.537. The number of benzene rings is 2. The maximum atomic E-state index is 6.25. The van der Waals surface area contributed by atoms with Crippen LogP contribution in [0.5, 0.6) is 11.5 Å². The van der Waals surface area contributed by atoms with Crippen LogP contribution >= 0.6 is 46.4 Å². The summed E-state index contributed by atoms with van der Waals surface area (Å²) in [6, 6.07) is 13.1. The van der Waals surface area contributed by atoms with Crippen LogP contribution in [0.4, 0.5) is 0 Å². The number of halogens is 4. The molecule has 0 N–H and O–H groups in total. The molecule has 2 rings (SSSR count). The van der Waals surface area contributed by atoms with Gasteiger partial charge >= 0.3 is 0 Å². The monoisotopic (exact) mass is 390 g/mol. The molecular formula is C17H14Cl4O2. The Balaban J connectivity index is 2.12. The van der Waals surface area contributed by atoms with Crippen LogP contribution in [0.1, 0.15) is 18.6 Å². The van der Waals surface area contributed by atoms with Gasteiger partial charge in [0.15, 0.2) is 5.75 Å². The molecule has 0 aliphatic carbocycles. The normalized spacial score (nSPS) is 11.7. The smallest absolute Gasteiger partial charge is 0.157 e. The van der Waals surface area contributed by atoms with Gasteiger partial charge in [0.1, 0.15) is 23.0 Å². The molecule has 0 amide bonds. The highest BCUT2D eigenvalue weighted by molar-refractivity contribution is 6.55. The summed E-state index contributed by atoms with van der Waals surface area (Å²) in [4.78, 5) is 0. The second-order valence-corrected chi connectivity index (χ2v) is 6.51. The highest BCUT2D eigenvalue weighted by atomic mass is 35.5. The van der Waals surface area contributed by atoms with Gasteiger partial charge in [-0.15, -0.1) is 0 Å². The van der Waals surface area contributed by atoms with E-state index in [0.717, 1.165) is 5.56 Å². The van der Waals surface area contributed by atoms with Crippen LogP contribution in [0.15, 0.2) is 53.0 Å². The number of ether oxygens (including phenoxy) is 2. The number of hydrogen-bond acceptors (Lipinski definition) is 2. The fraction of sp³-hybridized carbons (Fsp3) is 0.176. The van der Waals surface area contributed by atoms with Gasteiger partial charge in [-0.3, -0.25) is 0 Å². The molecule has 6 heteroatoms. The van der Waals surface area contributed by atoms with Gasteiger partial charge in [0.25, 0.3) is 0 Å². The Morgan fingerprint density at radius 1 is 1.09 bits per heavy atom. The van der Waals surface area contributed by atoms with E-state index < -0.39 is 0 Å². The Hall–Kier alpha value is -1.06. The van der Waals surface area contributed by atoms with Crippen LogP contribution in [0.25, 0.3) is 0 Å². The summed E-state index contributed by atoms with van der Waals surface area (Å²) in [5.74, 6) is 0.925. The highest BCUT2D eigenvalue weighted by Crippen LogP contribution is 2.39. The first-order valence-electron chi connectivity index (χ1n) is 6.82. The van der Waals surface area contributed by atoms with Crippen molar-refractivity contribution in [1.29, 1.82) is 0 Å². The van der Waals surface area contributed by atoms with Crippen molar-refractivity contribution in [3.8, 4) is 11.5 Å². The molecule has 23 heavy (non-hydrogen) atoms. The molecule has 0 spiro atoms. The molecule has 0 aliphatic rings. The Labute approximate surface area is 155 Å². The Morgan fingerprint density at radius 3 is 2.26 bits per heavy atom. The molecule has 2 aromatic carbocycles. The molecule has 0 saturated carbocycles. The van der Waals surface area contributed by atoms with E-state index in [9.17, 15) is 0 Å². The zero-order chi connectivity index (χ0) is 16.8. The van der Waals surface area contributed by atoms with E-state index in [1.54, 1.807) is 12.1 Å². The van der Waals surface area contributed by atoms with Crippen LogP contribution in [-0.4, -0.2) is 6.61 Å². The van der Waals surface area contributed by atoms with E-state index in [1.165, 1.54) is 6.08 Å². The number of rotatable bonds is 6. The van der Waals surface area contributed by atoms with Gasteiger partial charge in [0.2, 0.25) is 0 Å². The van der Waals surface area contributed by atoms with Gasteiger partial charge in [-0.1, -0.05) is 76.7 Å². The minimum atomic E-state index is -0.184. The summed E-state index contributed by atoms with van der Waals surface area (Å²) in [6.07, 6.45) is 1.34. The topological polar surface area (TPSA) is 18.5 Å². The van der Waals surface area contributed by atoms with Gasteiger partial charge in [0.05, 0.1) is 10.0 Å². The molecule has 0 radical (unpaired) electrons. The average Bonchev–Trinajstić information content (AvgIpc) is 2.51. The van der Waals surface area contributed by atoms with Crippen molar-refractivity contribution in [3.05, 3.63) is 68.6 Å². The zero-order valence-corrected chi connectivity index (χ0v) is 15.3. The van der Waals surface area contributed by atoms with Crippen LogP contribution < -0.4 is 9.47 Å². The fourth-order valence-corrected chi connectivity index (χ4v) is 2.58. The lowest BCUT2D eigenvalue weighted by atomic mass is 10.1. The first-order valence-corrected chi connectivity index (χ1v) is 8.33. The molecular weight excluding hydrogens is 378 g/mol. The zero-order valence-electron chi connectivity index (χ0n) is 12.2. The van der Waals surface area contributed by atoms with E-state index in [1.807, 2.05) is 37.3 Å². The lowest BCUT2D eigenvalue weighted by molar-refractivity contribution is 0.227. The van der Waals surface area contributed by atoms with Crippen molar-refractivity contribution >= 4 is 46.4 Å². The van der Waals surface area contributed by atoms with Gasteiger partial charge in [-0.05, 0) is 18.6 Å². The third kappa shape index (κ3) is 5.50. The van der Waals surface area contributed by atoms with Crippen LogP contribution in [0.3, 0.4) is 0 Å². The molecule has 122 valence electrons. The maximum Gasteiger partial charge on any atom is 0.157 e. The minimum Gasteiger partial charge on any atom is -0.489 e. The summed E-state index contributed by atoms with van der Waals surface area (Å²) in [6.45, 7) is 2.15. The summed E-state index contributed by atoms with van der Waals surface area (Å²) >= 11 is 23.5. The van der Waals surface area contributed by atoms with Crippen molar-refractivity contribution in [1.82, 2.24) is 0 Å². The van der Waals surface area contributed by atoms with E-state index in [4.69, 9.17) is 55.9 Å². The Kier molecular flexibility index (Phi) is 6.91. The fourth-order valence-electron chi connectivity index (χ4n) is 1.90. The summed E-state index contributed by atoms with van der Waals surface area (Å²) in [5.41, 5.74) is 1.03. The lowest BCUT2D eigenvalue weighted by Gasteiger charge is -2.18. The van der Waals surface area contributed by atoms with E-state index in [-0.39, 0.29) is 17.2 Å². The van der Waals surface area contributed by atoms with Crippen LogP contribution in [0.2, 0.25) is 10.0 Å². The maximum absolute atomic E-state index is 6.25. The average molecular weight is 392 g/mol. The van der Waals surface area contributed by atoms with E-state index >= 15 is 0 Å². The van der Waals surface area contributed by atoms with Crippen molar-refractivity contribution in [2.45, 2.75) is 13.0 Å². The minimum absolute atomic E-state index is 0.138. The summed E-state index contributed by atoms with van der Waals surface area (Å²) < 4.78 is 11.5. The molecule has 0 aliphatic heterocycles. The predicted octanol–water partition coefficient (Wildman–Crippen LogP) is 6.83. The molecule has 0 heterocycles. The standard InChI is InChI=1S/C17H14Cl4O2/c1-11(12-5-3-2-4-6-12)23-17-14(18)9-13(10-15(17)19)22-8-7-16(20)21/h2-7,9-11H,8H2,1H3. The van der Waals surface area contributed by atoms with Crippen LogP contribution in [0, 0.1) is 0 Å². The van der Waals surface area contributed by atoms with Gasteiger partial charge < -0.3 is 9.47 Å². The van der Waals surface area contributed by atoms with Crippen molar-refractivity contribution in [2.75, 3.05) is 6.61 Å². The third-order valence-electron chi connectivity index (χ3n) is 3.02. The highest BCUT2D eigenvalue weighted by Gasteiger charge is 2.15. The summed E-state index contributed by atoms with van der Waals surface area (Å²) in [5, 5.41) is 0.743. The molecule has 2 aromatic rings. The first kappa shape index (κ1) is 18.3. The SMILES string of the molecule is CC(Oc1c(Cl)cc(OCC=C(Cl)Cl)cc1Cl)c1ccccc1. The lowest BCUT2D eigenvalue weighted by Crippen LogP contribution is -2.04. The molecule has 0 saturated heterocycles. The van der Waals surface area contributed by atoms with Gasteiger partial charge in [0, 0.05) is 12.1 Å². The van der Waals surface area contributed by atoms with Crippen LogP contribution in [-0.2, 0) is 0 Å². The van der Waals surface area contributed by atoms with Gasteiger partial charge in [-0.2, -0.15) is 0 Å². The van der Waals surface area contributed by atoms with Crippen molar-refractivity contribution in [2.24, 2.45) is 0 Å². The molecule has 1 unspecified atom stereocenters. The second-order valence-electron chi connectivity index (χ2n) is 4.69. The van der Waals surface area contributed by atoms with E-state index in [0.29, 0.717) is 21.5 Å². The first-order chi connectivity index (χ1) is 11.0. The molecule has 2 nitrogen and oxygen atoms in total. The molecule has 0 aromatic heterocycles. The van der Waals surface area contributed by atoms with Gasteiger partial charge in [-0.25, -0.2) is 0 Å². The van der Waals surface area contributed by atoms with E-state index in [2.05, 4.69) is 0 Å².